The largest absolute Gasteiger partial charge is 0.573 e. The number of fused-ring (bicyclic) bond motifs is 1. The number of nitrogens with zero attached hydrogens (tertiary/aromatic N) is 4. The second-order valence-electron chi connectivity index (χ2n) is 12.2. The van der Waals surface area contributed by atoms with Gasteiger partial charge in [-0.1, -0.05) is 17.7 Å². The Morgan fingerprint density at radius 3 is 2.31 bits per heavy atom. The van der Waals surface area contributed by atoms with Crippen molar-refractivity contribution in [3.8, 4) is 28.4 Å². The molecule has 0 radical (unpaired) electrons. The van der Waals surface area contributed by atoms with E-state index in [1.165, 1.54) is 56.3 Å². The zero-order valence-corrected chi connectivity index (χ0v) is 29.7. The third-order valence-electron chi connectivity index (χ3n) is 8.99. The quantitative estimate of drug-likeness (QED) is 0.253. The minimum Gasteiger partial charge on any atom is -0.497 e. The van der Waals surface area contributed by atoms with Gasteiger partial charge in [-0.05, 0) is 72.1 Å². The Kier molecular flexibility index (Phi) is 9.63. The lowest BCUT2D eigenvalue weighted by Gasteiger charge is -2.42. The van der Waals surface area contributed by atoms with Gasteiger partial charge in [0.25, 0.3) is 15.9 Å². The molecule has 3 heterocycles. The predicted molar refractivity (Wildman–Crippen MR) is 183 cm³/mol. The van der Waals surface area contributed by atoms with E-state index >= 15 is 4.79 Å². The van der Waals surface area contributed by atoms with E-state index in [0.29, 0.717) is 15.4 Å². The fourth-order valence-electron chi connectivity index (χ4n) is 6.84. The first-order valence-corrected chi connectivity index (χ1v) is 17.4. The minimum atomic E-state index is -5.33. The van der Waals surface area contributed by atoms with Crippen LogP contribution >= 0.6 is 11.6 Å². The van der Waals surface area contributed by atoms with Gasteiger partial charge in [-0.2, -0.15) is 0 Å². The molecule has 4 aromatic rings. The Labute approximate surface area is 301 Å². The molecular formula is C35H32ClF3N4O8S. The zero-order chi connectivity index (χ0) is 37.7. The molecule has 6 rings (SSSR count). The van der Waals surface area contributed by atoms with Gasteiger partial charge < -0.3 is 24.2 Å². The Balaban J connectivity index is 1.71. The van der Waals surface area contributed by atoms with Gasteiger partial charge in [0.1, 0.15) is 16.4 Å². The molecule has 1 N–H and O–H groups in total. The molecule has 1 unspecified atom stereocenters. The van der Waals surface area contributed by atoms with Crippen molar-refractivity contribution in [2.75, 3.05) is 39.2 Å². The van der Waals surface area contributed by atoms with Crippen LogP contribution in [-0.4, -0.2) is 93.5 Å². The highest BCUT2D eigenvalue weighted by Crippen LogP contribution is 2.56. The highest BCUT2D eigenvalue weighted by Gasteiger charge is 2.64. The van der Waals surface area contributed by atoms with Crippen molar-refractivity contribution in [3.63, 3.8) is 0 Å². The molecule has 0 spiro atoms. The van der Waals surface area contributed by atoms with Crippen LogP contribution in [0.1, 0.15) is 17.5 Å². The molecule has 274 valence electrons. The summed E-state index contributed by atoms with van der Waals surface area (Å²) in [7, 11) is 0.219. The van der Waals surface area contributed by atoms with Gasteiger partial charge in [0.15, 0.2) is 11.3 Å². The summed E-state index contributed by atoms with van der Waals surface area (Å²) in [5.74, 6) is -2.91. The van der Waals surface area contributed by atoms with E-state index in [9.17, 15) is 31.5 Å². The van der Waals surface area contributed by atoms with Gasteiger partial charge in [-0.25, -0.2) is 12.7 Å². The fraction of sp³-hybridized carbons (Fsp3) is 0.286. The molecule has 0 saturated carbocycles. The Morgan fingerprint density at radius 1 is 0.962 bits per heavy atom. The second-order valence-corrected chi connectivity index (χ2v) is 14.4. The maximum Gasteiger partial charge on any atom is 0.573 e. The van der Waals surface area contributed by atoms with E-state index in [-0.39, 0.29) is 46.3 Å². The van der Waals surface area contributed by atoms with Crippen molar-refractivity contribution in [2.24, 2.45) is 0 Å². The molecule has 3 atom stereocenters. The molecule has 2 amide bonds. The summed E-state index contributed by atoms with van der Waals surface area (Å²) in [4.78, 5) is 35.2. The summed E-state index contributed by atoms with van der Waals surface area (Å²) >= 11 is 6.56. The number of sulfonamides is 1. The number of aliphatic hydroxyl groups excluding tert-OH is 1. The number of carbonyl (C=O) groups excluding carboxylic acids is 2. The van der Waals surface area contributed by atoms with Crippen molar-refractivity contribution < 1.29 is 50.5 Å². The number of methoxy groups -OCH3 is 2. The number of β-amino-alcohol motifs (C(OH)–C–C–N with tert-alkyl or cyclic N) is 1. The third-order valence-corrected chi connectivity index (χ3v) is 11.0. The number of ether oxygens (including phenoxy) is 3. The molecule has 12 nitrogen and oxygen atoms in total. The van der Waals surface area contributed by atoms with Gasteiger partial charge in [-0.15, -0.1) is 13.2 Å². The first kappa shape index (κ1) is 36.9. The number of halogens is 4. The van der Waals surface area contributed by atoms with Gasteiger partial charge in [0.2, 0.25) is 5.91 Å². The first-order valence-electron chi connectivity index (χ1n) is 15.6. The number of benzene rings is 3. The van der Waals surface area contributed by atoms with Crippen LogP contribution in [0, 0.1) is 0 Å². The summed E-state index contributed by atoms with van der Waals surface area (Å²) in [5, 5.41) is 11.2. The number of amides is 2. The maximum atomic E-state index is 15.6. The monoisotopic (exact) mass is 760 g/mol. The van der Waals surface area contributed by atoms with Crippen LogP contribution in [0.2, 0.25) is 5.02 Å². The van der Waals surface area contributed by atoms with Crippen molar-refractivity contribution in [1.29, 1.82) is 0 Å². The number of rotatable bonds is 9. The molecule has 1 aromatic heterocycles. The van der Waals surface area contributed by atoms with E-state index < -0.39 is 56.5 Å². The second kappa shape index (κ2) is 13.6. The standard InChI is InChI=1S/C35H32ClF3N4O8S/c1-41(2)32(45)28-17-23(44)19-42(28)34(26-15-21(5-9-29(26)50-4)20-11-13-40-14-12-20)25-16-22(36)6-8-27(25)43(33(34)46)52(47,48)31-10-7-24(49-3)18-30(31)51-35(37,38)39/h5-16,18,23,28,44H,17,19H2,1-4H3/t23-,28+,34?/m1/s1. The van der Waals surface area contributed by atoms with Crippen LogP contribution in [0.4, 0.5) is 18.9 Å². The Hall–Kier alpha value is -4.90. The summed E-state index contributed by atoms with van der Waals surface area (Å²) < 4.78 is 85.9. The van der Waals surface area contributed by atoms with E-state index in [1.54, 1.807) is 42.7 Å². The number of likely N-dealkylation sites (tertiary alicyclic amines) is 1. The fourth-order valence-corrected chi connectivity index (χ4v) is 8.57. The Morgan fingerprint density at radius 2 is 1.67 bits per heavy atom. The lowest BCUT2D eigenvalue weighted by Crippen LogP contribution is -2.59. The summed E-state index contributed by atoms with van der Waals surface area (Å²) in [5.41, 5.74) is -1.30. The number of likely N-dealkylation sites (N-methyl/N-ethyl adjacent to an activating group) is 1. The van der Waals surface area contributed by atoms with Gasteiger partial charge in [0, 0.05) is 55.2 Å². The SMILES string of the molecule is COc1ccc(S(=O)(=O)N2C(=O)C(c3cc(-c4ccncc4)ccc3OC)(N3C[C@H](O)C[C@H]3C(=O)N(C)C)c3cc(Cl)ccc32)c(OC(F)(F)F)c1. The van der Waals surface area contributed by atoms with Crippen LogP contribution in [0.3, 0.4) is 0 Å². The lowest BCUT2D eigenvalue weighted by molar-refractivity contribution is -0.275. The summed E-state index contributed by atoms with van der Waals surface area (Å²) in [6.07, 6.45) is -3.51. The van der Waals surface area contributed by atoms with Crippen LogP contribution in [0.25, 0.3) is 11.1 Å². The lowest BCUT2D eigenvalue weighted by atomic mass is 9.79. The topological polar surface area (TPSA) is 139 Å². The minimum absolute atomic E-state index is 0.0313. The number of alkyl halides is 3. The van der Waals surface area contributed by atoms with Crippen LogP contribution in [-0.2, 0) is 25.2 Å². The van der Waals surface area contributed by atoms with E-state index in [2.05, 4.69) is 9.72 Å². The average molecular weight is 761 g/mol. The molecular weight excluding hydrogens is 729 g/mol. The normalized spacial score (nSPS) is 20.5. The molecule has 1 saturated heterocycles. The van der Waals surface area contributed by atoms with Gasteiger partial charge >= 0.3 is 6.36 Å². The molecule has 0 bridgehead atoms. The van der Waals surface area contributed by atoms with Crippen molar-refractivity contribution in [2.45, 2.75) is 35.4 Å². The van der Waals surface area contributed by atoms with Crippen LogP contribution in [0.15, 0.2) is 84.0 Å². The van der Waals surface area contributed by atoms with Crippen LogP contribution in [0.5, 0.6) is 17.2 Å². The van der Waals surface area contributed by atoms with Crippen molar-refractivity contribution >= 4 is 39.1 Å². The molecule has 52 heavy (non-hydrogen) atoms. The third kappa shape index (κ3) is 6.18. The van der Waals surface area contributed by atoms with E-state index in [4.69, 9.17) is 21.1 Å². The van der Waals surface area contributed by atoms with Crippen LogP contribution < -0.4 is 18.5 Å². The molecule has 3 aromatic carbocycles. The van der Waals surface area contributed by atoms with E-state index in [0.717, 1.165) is 18.2 Å². The number of pyridine rings is 1. The first-order chi connectivity index (χ1) is 24.5. The number of carbonyl (C=O) groups is 2. The number of hydrogen-bond donors (Lipinski definition) is 1. The average Bonchev–Trinajstić information content (AvgIpc) is 3.61. The van der Waals surface area contributed by atoms with Crippen molar-refractivity contribution in [3.05, 3.63) is 95.3 Å². The number of aliphatic hydroxyl groups is 1. The number of aromatic nitrogens is 1. The van der Waals surface area contributed by atoms with Crippen molar-refractivity contribution in [1.82, 2.24) is 14.8 Å². The summed E-state index contributed by atoms with van der Waals surface area (Å²) in [6, 6.07) is 13.7. The predicted octanol–water partition coefficient (Wildman–Crippen LogP) is 4.82. The molecule has 0 aliphatic carbocycles. The zero-order valence-electron chi connectivity index (χ0n) is 28.1. The molecule has 2 aliphatic rings. The Bertz CT molecular complexity index is 2160. The summed E-state index contributed by atoms with van der Waals surface area (Å²) in [6.45, 7) is -0.302. The maximum absolute atomic E-state index is 15.6. The molecule has 2 aliphatic heterocycles. The van der Waals surface area contributed by atoms with Gasteiger partial charge in [0.05, 0.1) is 32.1 Å². The molecule has 17 heteroatoms. The van der Waals surface area contributed by atoms with E-state index in [1.807, 2.05) is 0 Å². The van der Waals surface area contributed by atoms with Gasteiger partial charge in [-0.3, -0.25) is 19.5 Å². The number of hydrogen-bond acceptors (Lipinski definition) is 10. The highest BCUT2D eigenvalue weighted by atomic mass is 35.5. The number of anilines is 1. The smallest absolute Gasteiger partial charge is 0.497 e. The highest BCUT2D eigenvalue weighted by molar-refractivity contribution is 7.93. The molecule has 1 fully saturated rings.